The highest BCUT2D eigenvalue weighted by Crippen LogP contribution is 2.42. The van der Waals surface area contributed by atoms with Gasteiger partial charge in [0.15, 0.2) is 0 Å². The molecular weight excluding hydrogens is 435 g/mol. The van der Waals surface area contributed by atoms with Crippen molar-refractivity contribution in [3.8, 4) is 0 Å². The molecule has 33 heavy (non-hydrogen) atoms. The van der Waals surface area contributed by atoms with Gasteiger partial charge in [-0.05, 0) is 56.5 Å². The third-order valence-electron chi connectivity index (χ3n) is 6.24. The lowest BCUT2D eigenvalue weighted by molar-refractivity contribution is -0.192. The number of halogens is 3. The second kappa shape index (κ2) is 10.3. The number of aryl methyl sites for hydroxylation is 1. The van der Waals surface area contributed by atoms with E-state index in [2.05, 4.69) is 52.0 Å². The summed E-state index contributed by atoms with van der Waals surface area (Å²) in [7, 11) is 0. The number of likely N-dealkylation sites (tertiary alicyclic amines) is 2. The Morgan fingerprint density at radius 3 is 2.27 bits per heavy atom. The van der Waals surface area contributed by atoms with Gasteiger partial charge in [-0.3, -0.25) is 14.7 Å². The molecule has 1 N–H and O–H groups in total. The highest BCUT2D eigenvalue weighted by Gasteiger charge is 2.47. The first-order valence-corrected chi connectivity index (χ1v) is 10.9. The number of hydrogen-bond donors (Lipinski definition) is 1. The quantitative estimate of drug-likeness (QED) is 0.741. The summed E-state index contributed by atoms with van der Waals surface area (Å²) in [5.74, 6) is -2.38. The lowest BCUT2D eigenvalue weighted by atomic mass is 9.77. The van der Waals surface area contributed by atoms with Crippen LogP contribution in [0.4, 0.5) is 13.2 Å². The molecule has 2 saturated heterocycles. The van der Waals surface area contributed by atoms with Crippen LogP contribution >= 0.6 is 0 Å². The largest absolute Gasteiger partial charge is 0.490 e. The van der Waals surface area contributed by atoms with Crippen LogP contribution in [0.3, 0.4) is 0 Å². The second-order valence-electron chi connectivity index (χ2n) is 8.69. The Labute approximate surface area is 191 Å². The van der Waals surface area contributed by atoms with Crippen molar-refractivity contribution in [3.05, 3.63) is 65.5 Å². The van der Waals surface area contributed by atoms with Crippen LogP contribution in [0.2, 0.25) is 0 Å². The standard InChI is InChI=1S/C22H27N3O.C2HF3O2/c1-18-4-2-5-19(14-18)17-25-13-9-22(21(25)26)7-11-24(12-8-22)16-20-6-3-10-23-15-20;3-2(4,5)1(6)7/h2-6,10,14-15H,7-9,11-13,16-17H2,1H3;(H,6,7). The fraction of sp³-hybridized carbons (Fsp3) is 0.458. The molecule has 0 atom stereocenters. The van der Waals surface area contributed by atoms with Gasteiger partial charge in [0.1, 0.15) is 0 Å². The van der Waals surface area contributed by atoms with Crippen LogP contribution in [-0.2, 0) is 22.7 Å². The van der Waals surface area contributed by atoms with Crippen molar-refractivity contribution in [3.63, 3.8) is 0 Å². The van der Waals surface area contributed by atoms with E-state index in [4.69, 9.17) is 9.90 Å². The molecule has 1 amide bonds. The van der Waals surface area contributed by atoms with Crippen LogP contribution in [0.1, 0.15) is 36.0 Å². The van der Waals surface area contributed by atoms with Crippen molar-refractivity contribution in [2.45, 2.75) is 45.5 Å². The van der Waals surface area contributed by atoms with Gasteiger partial charge in [-0.25, -0.2) is 4.79 Å². The summed E-state index contributed by atoms with van der Waals surface area (Å²) >= 11 is 0. The van der Waals surface area contributed by atoms with Gasteiger partial charge >= 0.3 is 12.1 Å². The number of amides is 1. The summed E-state index contributed by atoms with van der Waals surface area (Å²) in [5.41, 5.74) is 3.63. The van der Waals surface area contributed by atoms with E-state index in [1.165, 1.54) is 16.7 Å². The van der Waals surface area contributed by atoms with Crippen molar-refractivity contribution >= 4 is 11.9 Å². The lowest BCUT2D eigenvalue weighted by Crippen LogP contribution is -2.44. The average molecular weight is 464 g/mol. The average Bonchev–Trinajstić information content (AvgIpc) is 3.06. The lowest BCUT2D eigenvalue weighted by Gasteiger charge is -2.38. The molecule has 0 aliphatic carbocycles. The summed E-state index contributed by atoms with van der Waals surface area (Å²) in [6, 6.07) is 12.6. The Kier molecular flexibility index (Phi) is 7.73. The molecule has 0 saturated carbocycles. The van der Waals surface area contributed by atoms with Crippen LogP contribution < -0.4 is 0 Å². The molecular formula is C24H28F3N3O3. The van der Waals surface area contributed by atoms with Crippen molar-refractivity contribution in [2.75, 3.05) is 19.6 Å². The number of pyridine rings is 1. The van der Waals surface area contributed by atoms with E-state index in [1.807, 2.05) is 18.5 Å². The van der Waals surface area contributed by atoms with Crippen LogP contribution in [0.5, 0.6) is 0 Å². The van der Waals surface area contributed by atoms with Crippen molar-refractivity contribution < 1.29 is 27.9 Å². The SMILES string of the molecule is Cc1cccc(CN2CCC3(CCN(Cc4cccnc4)CC3)C2=O)c1.O=C(O)C(F)(F)F. The first kappa shape index (κ1) is 24.7. The highest BCUT2D eigenvalue weighted by molar-refractivity contribution is 5.85. The summed E-state index contributed by atoms with van der Waals surface area (Å²) in [6.45, 7) is 6.69. The van der Waals surface area contributed by atoms with Gasteiger partial charge in [-0.2, -0.15) is 13.2 Å². The van der Waals surface area contributed by atoms with Gasteiger partial charge in [0.05, 0.1) is 5.41 Å². The topological polar surface area (TPSA) is 73.7 Å². The van der Waals surface area contributed by atoms with Crippen LogP contribution in [-0.4, -0.2) is 57.6 Å². The van der Waals surface area contributed by atoms with E-state index in [0.717, 1.165) is 52.0 Å². The molecule has 6 nitrogen and oxygen atoms in total. The molecule has 9 heteroatoms. The first-order valence-electron chi connectivity index (χ1n) is 10.9. The van der Waals surface area contributed by atoms with E-state index in [9.17, 15) is 18.0 Å². The van der Waals surface area contributed by atoms with E-state index >= 15 is 0 Å². The maximum Gasteiger partial charge on any atom is 0.490 e. The maximum absolute atomic E-state index is 13.1. The summed E-state index contributed by atoms with van der Waals surface area (Å²) in [5, 5.41) is 7.12. The summed E-state index contributed by atoms with van der Waals surface area (Å²) in [4.78, 5) is 30.8. The van der Waals surface area contributed by atoms with E-state index < -0.39 is 12.1 Å². The minimum absolute atomic E-state index is 0.116. The highest BCUT2D eigenvalue weighted by atomic mass is 19.4. The predicted octanol–water partition coefficient (Wildman–Crippen LogP) is 4.04. The van der Waals surface area contributed by atoms with Gasteiger partial charge in [0.2, 0.25) is 5.91 Å². The van der Waals surface area contributed by atoms with Crippen LogP contribution in [0.15, 0.2) is 48.8 Å². The fourth-order valence-corrected chi connectivity index (χ4v) is 4.43. The number of carboxylic acid groups (broad SMARTS) is 1. The third-order valence-corrected chi connectivity index (χ3v) is 6.24. The molecule has 0 radical (unpaired) electrons. The molecule has 1 aromatic heterocycles. The Balaban J connectivity index is 0.000000383. The Morgan fingerprint density at radius 1 is 1.06 bits per heavy atom. The molecule has 1 aromatic carbocycles. The number of piperidine rings is 1. The Morgan fingerprint density at radius 2 is 1.70 bits per heavy atom. The number of alkyl halides is 3. The van der Waals surface area contributed by atoms with E-state index in [1.54, 1.807) is 0 Å². The minimum atomic E-state index is -5.08. The zero-order valence-corrected chi connectivity index (χ0v) is 18.5. The Hall–Kier alpha value is -2.94. The number of hydrogen-bond acceptors (Lipinski definition) is 4. The molecule has 1 spiro atoms. The molecule has 2 aliphatic heterocycles. The molecule has 0 unspecified atom stereocenters. The number of nitrogens with zero attached hydrogens (tertiary/aromatic N) is 3. The fourth-order valence-electron chi connectivity index (χ4n) is 4.43. The van der Waals surface area contributed by atoms with Gasteiger partial charge in [0.25, 0.3) is 0 Å². The Bertz CT molecular complexity index is 958. The van der Waals surface area contributed by atoms with Gasteiger partial charge < -0.3 is 10.0 Å². The summed E-state index contributed by atoms with van der Waals surface area (Å²) in [6.07, 6.45) is 1.65. The molecule has 0 bridgehead atoms. The number of rotatable bonds is 4. The first-order chi connectivity index (χ1) is 15.6. The maximum atomic E-state index is 13.1. The molecule has 178 valence electrons. The van der Waals surface area contributed by atoms with Crippen molar-refractivity contribution in [2.24, 2.45) is 5.41 Å². The smallest absolute Gasteiger partial charge is 0.475 e. The number of carboxylic acids is 1. The minimum Gasteiger partial charge on any atom is -0.475 e. The molecule has 2 aliphatic rings. The summed E-state index contributed by atoms with van der Waals surface area (Å²) < 4.78 is 31.7. The normalized spacial score (nSPS) is 18.2. The molecule has 4 rings (SSSR count). The zero-order valence-electron chi connectivity index (χ0n) is 18.5. The van der Waals surface area contributed by atoms with Crippen molar-refractivity contribution in [1.82, 2.24) is 14.8 Å². The van der Waals surface area contributed by atoms with Crippen molar-refractivity contribution in [1.29, 1.82) is 0 Å². The van der Waals surface area contributed by atoms with Gasteiger partial charge in [-0.15, -0.1) is 0 Å². The third kappa shape index (κ3) is 6.54. The number of carbonyl (C=O) groups excluding carboxylic acids is 1. The number of aromatic nitrogens is 1. The molecule has 2 fully saturated rings. The predicted molar refractivity (Wildman–Crippen MR) is 116 cm³/mol. The monoisotopic (exact) mass is 463 g/mol. The molecule has 2 aromatic rings. The van der Waals surface area contributed by atoms with Gasteiger partial charge in [-0.1, -0.05) is 35.9 Å². The number of aliphatic carboxylic acids is 1. The van der Waals surface area contributed by atoms with Crippen LogP contribution in [0.25, 0.3) is 0 Å². The second-order valence-corrected chi connectivity index (χ2v) is 8.69. The zero-order chi connectivity index (χ0) is 24.1. The number of carbonyl (C=O) groups is 2. The molecule has 3 heterocycles. The van der Waals surface area contributed by atoms with E-state index in [0.29, 0.717) is 5.91 Å². The van der Waals surface area contributed by atoms with Gasteiger partial charge in [0, 0.05) is 32.0 Å². The van der Waals surface area contributed by atoms with Crippen LogP contribution in [0, 0.1) is 12.3 Å². The van der Waals surface area contributed by atoms with E-state index in [-0.39, 0.29) is 5.41 Å². The number of benzene rings is 1.